The second kappa shape index (κ2) is 3.90. The van der Waals surface area contributed by atoms with Gasteiger partial charge in [-0.1, -0.05) is 0 Å². The van der Waals surface area contributed by atoms with Crippen LogP contribution >= 0.6 is 0 Å². The van der Waals surface area contributed by atoms with E-state index in [-0.39, 0.29) is 5.54 Å². The molecular weight excluding hydrogens is 202 g/mol. The SMILES string of the molecule is CN1CCN(c2ccnc(N)n2)CC1(C)C. The van der Waals surface area contributed by atoms with E-state index in [1.54, 1.807) is 6.20 Å². The first-order chi connectivity index (χ1) is 7.49. The number of piperazine rings is 1. The number of hydrogen-bond acceptors (Lipinski definition) is 5. The summed E-state index contributed by atoms with van der Waals surface area (Å²) in [6, 6.07) is 1.91. The van der Waals surface area contributed by atoms with Crippen LogP contribution in [0.2, 0.25) is 0 Å². The molecular formula is C11H19N5. The molecule has 1 aromatic heterocycles. The molecule has 1 aliphatic heterocycles. The first kappa shape index (κ1) is 11.1. The summed E-state index contributed by atoms with van der Waals surface area (Å²) in [7, 11) is 2.16. The van der Waals surface area contributed by atoms with Gasteiger partial charge in [-0.15, -0.1) is 0 Å². The van der Waals surface area contributed by atoms with E-state index in [4.69, 9.17) is 5.73 Å². The molecule has 5 nitrogen and oxygen atoms in total. The minimum atomic E-state index is 0.165. The van der Waals surface area contributed by atoms with Crippen molar-refractivity contribution in [2.24, 2.45) is 0 Å². The lowest BCUT2D eigenvalue weighted by molar-refractivity contribution is 0.138. The second-order valence-electron chi connectivity index (χ2n) is 4.93. The molecule has 1 saturated heterocycles. The van der Waals surface area contributed by atoms with Gasteiger partial charge >= 0.3 is 0 Å². The van der Waals surface area contributed by atoms with Gasteiger partial charge in [0, 0.05) is 31.4 Å². The van der Waals surface area contributed by atoms with Gasteiger partial charge in [0.25, 0.3) is 0 Å². The molecule has 0 aliphatic carbocycles. The normalized spacial score (nSPS) is 21.1. The van der Waals surface area contributed by atoms with Crippen LogP contribution in [0, 0.1) is 0 Å². The fourth-order valence-corrected chi connectivity index (χ4v) is 1.98. The third-order valence-electron chi connectivity index (χ3n) is 3.30. The van der Waals surface area contributed by atoms with Crippen LogP contribution in [0.4, 0.5) is 11.8 Å². The molecule has 1 fully saturated rings. The topological polar surface area (TPSA) is 58.3 Å². The lowest BCUT2D eigenvalue weighted by Crippen LogP contribution is -2.57. The van der Waals surface area contributed by atoms with Crippen LogP contribution in [0.25, 0.3) is 0 Å². The van der Waals surface area contributed by atoms with Gasteiger partial charge in [0.05, 0.1) is 0 Å². The Hall–Kier alpha value is -1.36. The number of nitrogen functional groups attached to an aromatic ring is 1. The molecule has 0 radical (unpaired) electrons. The van der Waals surface area contributed by atoms with Crippen molar-refractivity contribution >= 4 is 11.8 Å². The van der Waals surface area contributed by atoms with E-state index in [2.05, 4.69) is 40.7 Å². The number of hydrogen-bond donors (Lipinski definition) is 1. The van der Waals surface area contributed by atoms with Crippen molar-refractivity contribution in [3.05, 3.63) is 12.3 Å². The highest BCUT2D eigenvalue weighted by Crippen LogP contribution is 2.22. The number of likely N-dealkylation sites (N-methyl/N-ethyl adjacent to an activating group) is 1. The number of nitrogens with two attached hydrogens (primary N) is 1. The average molecular weight is 221 g/mol. The van der Waals surface area contributed by atoms with Crippen molar-refractivity contribution < 1.29 is 0 Å². The maximum atomic E-state index is 5.60. The number of anilines is 2. The van der Waals surface area contributed by atoms with Crippen LogP contribution in [-0.4, -0.2) is 47.1 Å². The Labute approximate surface area is 96.3 Å². The Morgan fingerprint density at radius 1 is 1.38 bits per heavy atom. The summed E-state index contributed by atoms with van der Waals surface area (Å²) >= 11 is 0. The van der Waals surface area contributed by atoms with Crippen molar-refractivity contribution in [2.45, 2.75) is 19.4 Å². The highest BCUT2D eigenvalue weighted by Gasteiger charge is 2.31. The molecule has 2 rings (SSSR count). The second-order valence-corrected chi connectivity index (χ2v) is 4.93. The Bertz CT molecular complexity index is 376. The quantitative estimate of drug-likeness (QED) is 0.752. The lowest BCUT2D eigenvalue weighted by atomic mass is 10.00. The predicted octanol–water partition coefficient (Wildman–Crippen LogP) is 0.589. The zero-order valence-corrected chi connectivity index (χ0v) is 10.1. The van der Waals surface area contributed by atoms with Gasteiger partial charge in [0.15, 0.2) is 0 Å². The van der Waals surface area contributed by atoms with Crippen LogP contribution in [-0.2, 0) is 0 Å². The molecule has 2 heterocycles. The van der Waals surface area contributed by atoms with E-state index >= 15 is 0 Å². The van der Waals surface area contributed by atoms with Crippen LogP contribution in [0.1, 0.15) is 13.8 Å². The zero-order valence-electron chi connectivity index (χ0n) is 10.1. The molecule has 1 aromatic rings. The van der Waals surface area contributed by atoms with Crippen LogP contribution in [0.3, 0.4) is 0 Å². The molecule has 5 heteroatoms. The van der Waals surface area contributed by atoms with Gasteiger partial charge in [0.2, 0.25) is 5.95 Å². The summed E-state index contributed by atoms with van der Waals surface area (Å²) in [6.07, 6.45) is 1.71. The Kier molecular flexibility index (Phi) is 2.71. The molecule has 0 saturated carbocycles. The largest absolute Gasteiger partial charge is 0.368 e. The smallest absolute Gasteiger partial charge is 0.221 e. The van der Waals surface area contributed by atoms with Crippen LogP contribution in [0.15, 0.2) is 12.3 Å². The molecule has 1 aliphatic rings. The van der Waals surface area contributed by atoms with Crippen LogP contribution < -0.4 is 10.6 Å². The van der Waals surface area contributed by atoms with Gasteiger partial charge in [-0.25, -0.2) is 4.98 Å². The molecule has 0 spiro atoms. The van der Waals surface area contributed by atoms with Crippen molar-refractivity contribution in [2.75, 3.05) is 37.3 Å². The number of aromatic nitrogens is 2. The molecule has 16 heavy (non-hydrogen) atoms. The summed E-state index contributed by atoms with van der Waals surface area (Å²) < 4.78 is 0. The monoisotopic (exact) mass is 221 g/mol. The van der Waals surface area contributed by atoms with E-state index in [9.17, 15) is 0 Å². The Morgan fingerprint density at radius 2 is 2.12 bits per heavy atom. The maximum absolute atomic E-state index is 5.60. The Balaban J connectivity index is 2.18. The summed E-state index contributed by atoms with van der Waals surface area (Å²) in [5.74, 6) is 1.27. The zero-order chi connectivity index (χ0) is 11.8. The van der Waals surface area contributed by atoms with Crippen molar-refractivity contribution in [1.29, 1.82) is 0 Å². The van der Waals surface area contributed by atoms with Crippen molar-refractivity contribution in [3.63, 3.8) is 0 Å². The molecule has 0 unspecified atom stereocenters. The third-order valence-corrected chi connectivity index (χ3v) is 3.30. The molecule has 2 N–H and O–H groups in total. The Morgan fingerprint density at radius 3 is 2.75 bits per heavy atom. The minimum absolute atomic E-state index is 0.165. The van der Waals surface area contributed by atoms with Gasteiger partial charge in [-0.05, 0) is 27.0 Å². The van der Waals surface area contributed by atoms with E-state index in [1.165, 1.54) is 0 Å². The standard InChI is InChI=1S/C11H19N5/c1-11(2)8-16(7-6-15(11)3)9-4-5-13-10(12)14-9/h4-5H,6-8H2,1-3H3,(H2,12,13,14). The number of nitrogens with zero attached hydrogens (tertiary/aromatic N) is 4. The van der Waals surface area contributed by atoms with E-state index in [1.807, 2.05) is 6.07 Å². The predicted molar refractivity (Wildman–Crippen MR) is 65.4 cm³/mol. The first-order valence-corrected chi connectivity index (χ1v) is 5.54. The van der Waals surface area contributed by atoms with E-state index in [0.29, 0.717) is 5.95 Å². The molecule has 0 aromatic carbocycles. The molecule has 0 amide bonds. The van der Waals surface area contributed by atoms with Crippen molar-refractivity contribution in [1.82, 2.24) is 14.9 Å². The van der Waals surface area contributed by atoms with Crippen molar-refractivity contribution in [3.8, 4) is 0 Å². The summed E-state index contributed by atoms with van der Waals surface area (Å²) in [5.41, 5.74) is 5.77. The molecule has 88 valence electrons. The number of rotatable bonds is 1. The highest BCUT2D eigenvalue weighted by molar-refractivity contribution is 5.42. The summed E-state index contributed by atoms with van der Waals surface area (Å²) in [5, 5.41) is 0. The molecule has 0 bridgehead atoms. The average Bonchev–Trinajstić information content (AvgIpc) is 2.22. The van der Waals surface area contributed by atoms with Gasteiger partial charge in [-0.2, -0.15) is 4.98 Å². The highest BCUT2D eigenvalue weighted by atomic mass is 15.3. The van der Waals surface area contributed by atoms with Gasteiger partial charge < -0.3 is 10.6 Å². The lowest BCUT2D eigenvalue weighted by Gasteiger charge is -2.45. The third kappa shape index (κ3) is 2.09. The van der Waals surface area contributed by atoms with E-state index in [0.717, 1.165) is 25.5 Å². The summed E-state index contributed by atoms with van der Waals surface area (Å²) in [4.78, 5) is 12.8. The fraction of sp³-hybridized carbons (Fsp3) is 0.636. The minimum Gasteiger partial charge on any atom is -0.368 e. The van der Waals surface area contributed by atoms with Gasteiger partial charge in [0.1, 0.15) is 5.82 Å². The van der Waals surface area contributed by atoms with Crippen LogP contribution in [0.5, 0.6) is 0 Å². The van der Waals surface area contributed by atoms with Gasteiger partial charge in [-0.3, -0.25) is 4.90 Å². The summed E-state index contributed by atoms with van der Waals surface area (Å²) in [6.45, 7) is 7.46. The molecule has 0 atom stereocenters. The fourth-order valence-electron chi connectivity index (χ4n) is 1.98. The first-order valence-electron chi connectivity index (χ1n) is 5.54. The maximum Gasteiger partial charge on any atom is 0.221 e. The van der Waals surface area contributed by atoms with E-state index < -0.39 is 0 Å².